The monoisotopic (exact) mass is 333 g/mol. The molecule has 0 amide bonds. The minimum absolute atomic E-state index is 0.131. The maximum absolute atomic E-state index is 11.8. The summed E-state index contributed by atoms with van der Waals surface area (Å²) < 4.78 is 23.2. The number of nitrogens with two attached hydrogens (primary N) is 1. The normalized spacial score (nSPS) is 20.3. The number of anilines is 1. The van der Waals surface area contributed by atoms with Crippen molar-refractivity contribution in [2.75, 3.05) is 25.7 Å². The summed E-state index contributed by atoms with van der Waals surface area (Å²) in [7, 11) is 0. The highest BCUT2D eigenvalue weighted by atomic mass is 16.8. The van der Waals surface area contributed by atoms with Crippen molar-refractivity contribution in [1.82, 2.24) is 9.55 Å². The van der Waals surface area contributed by atoms with Gasteiger partial charge in [-0.2, -0.15) is 4.98 Å². The van der Waals surface area contributed by atoms with Gasteiger partial charge in [0.25, 0.3) is 0 Å². The predicted octanol–water partition coefficient (Wildman–Crippen LogP) is 0.888. The van der Waals surface area contributed by atoms with Crippen molar-refractivity contribution >= 4 is 5.82 Å². The summed E-state index contributed by atoms with van der Waals surface area (Å²) in [5, 5.41) is 0. The van der Waals surface area contributed by atoms with Crippen LogP contribution in [0, 0.1) is 0 Å². The van der Waals surface area contributed by atoms with E-state index in [0.29, 0.717) is 6.61 Å². The summed E-state index contributed by atoms with van der Waals surface area (Å²) >= 11 is 0. The van der Waals surface area contributed by atoms with Crippen LogP contribution in [0.4, 0.5) is 5.82 Å². The molecule has 1 aromatic carbocycles. The van der Waals surface area contributed by atoms with Gasteiger partial charge in [0, 0.05) is 6.20 Å². The van der Waals surface area contributed by atoms with Gasteiger partial charge in [0.2, 0.25) is 0 Å². The molecule has 8 nitrogen and oxygen atoms in total. The van der Waals surface area contributed by atoms with Gasteiger partial charge in [-0.15, -0.1) is 0 Å². The van der Waals surface area contributed by atoms with E-state index in [0.717, 1.165) is 5.56 Å². The fourth-order valence-corrected chi connectivity index (χ4v) is 2.26. The van der Waals surface area contributed by atoms with E-state index in [9.17, 15) is 4.79 Å². The molecule has 0 saturated carbocycles. The Balaban J connectivity index is 1.38. The first-order valence-corrected chi connectivity index (χ1v) is 7.53. The molecule has 3 rings (SSSR count). The van der Waals surface area contributed by atoms with Crippen molar-refractivity contribution in [2.24, 2.45) is 0 Å². The molecule has 1 fully saturated rings. The molecular weight excluding hydrogens is 314 g/mol. The molecule has 0 radical (unpaired) electrons. The molecule has 1 aliphatic rings. The van der Waals surface area contributed by atoms with Crippen LogP contribution in [0.3, 0.4) is 0 Å². The van der Waals surface area contributed by atoms with Gasteiger partial charge in [0.1, 0.15) is 19.2 Å². The summed E-state index contributed by atoms with van der Waals surface area (Å²) in [6.45, 7) is 1.06. The summed E-state index contributed by atoms with van der Waals surface area (Å²) in [5.41, 5.74) is 6.06. The standard InChI is InChI=1S/C16H19N3O5/c17-13-6-7-19(16(20)18-13)14-9-23-15(24-14)10-22-11-21-8-12-4-2-1-3-5-12/h1-7,14-15H,8-11H2,(H2,17,18,20). The number of hydrogen-bond donors (Lipinski definition) is 1. The van der Waals surface area contributed by atoms with Crippen molar-refractivity contribution in [3.8, 4) is 0 Å². The van der Waals surface area contributed by atoms with Crippen LogP contribution in [0.2, 0.25) is 0 Å². The molecule has 1 aliphatic heterocycles. The summed E-state index contributed by atoms with van der Waals surface area (Å²) in [5.74, 6) is 0.172. The number of nitrogens with zero attached hydrogens (tertiary/aromatic N) is 2. The number of hydrogen-bond acceptors (Lipinski definition) is 7. The number of ether oxygens (including phenoxy) is 4. The van der Waals surface area contributed by atoms with Crippen molar-refractivity contribution in [3.05, 3.63) is 58.6 Å². The molecule has 24 heavy (non-hydrogen) atoms. The van der Waals surface area contributed by atoms with Gasteiger partial charge >= 0.3 is 5.69 Å². The zero-order valence-electron chi connectivity index (χ0n) is 13.0. The van der Waals surface area contributed by atoms with Crippen LogP contribution >= 0.6 is 0 Å². The number of nitrogen functional groups attached to an aromatic ring is 1. The number of benzene rings is 1. The molecule has 0 spiro atoms. The molecular formula is C16H19N3O5. The summed E-state index contributed by atoms with van der Waals surface area (Å²) in [6.07, 6.45) is 0.439. The molecule has 2 heterocycles. The summed E-state index contributed by atoms with van der Waals surface area (Å²) in [6, 6.07) is 11.3. The topological polar surface area (TPSA) is 97.8 Å². The second-order valence-corrected chi connectivity index (χ2v) is 5.22. The summed E-state index contributed by atoms with van der Waals surface area (Å²) in [4.78, 5) is 15.4. The second kappa shape index (κ2) is 8.02. The predicted molar refractivity (Wildman–Crippen MR) is 84.8 cm³/mol. The fourth-order valence-electron chi connectivity index (χ4n) is 2.26. The fraction of sp³-hybridized carbons (Fsp3) is 0.375. The molecule has 1 aromatic heterocycles. The van der Waals surface area contributed by atoms with Crippen molar-refractivity contribution in [3.63, 3.8) is 0 Å². The molecule has 2 atom stereocenters. The van der Waals surface area contributed by atoms with Gasteiger partial charge in [-0.25, -0.2) is 4.79 Å². The molecule has 2 aromatic rings. The SMILES string of the molecule is Nc1ccn(C2COC(COCOCc3ccccc3)O2)c(=O)n1. The first kappa shape index (κ1) is 16.6. The van der Waals surface area contributed by atoms with Crippen LogP contribution in [0.25, 0.3) is 0 Å². The molecule has 8 heteroatoms. The van der Waals surface area contributed by atoms with E-state index in [4.69, 9.17) is 24.7 Å². The van der Waals surface area contributed by atoms with E-state index >= 15 is 0 Å². The Morgan fingerprint density at radius 2 is 2.08 bits per heavy atom. The van der Waals surface area contributed by atoms with Crippen LogP contribution in [0.5, 0.6) is 0 Å². The third kappa shape index (κ3) is 4.39. The lowest BCUT2D eigenvalue weighted by molar-refractivity contribution is -0.149. The minimum atomic E-state index is -0.556. The highest BCUT2D eigenvalue weighted by molar-refractivity contribution is 5.23. The Hall–Kier alpha value is -2.26. The highest BCUT2D eigenvalue weighted by Gasteiger charge is 2.28. The molecule has 2 unspecified atom stereocenters. The quantitative estimate of drug-likeness (QED) is 0.593. The molecule has 0 bridgehead atoms. The third-order valence-electron chi connectivity index (χ3n) is 3.43. The van der Waals surface area contributed by atoms with Crippen LogP contribution in [-0.2, 0) is 25.6 Å². The Kier molecular flexibility index (Phi) is 5.55. The lowest BCUT2D eigenvalue weighted by atomic mass is 10.2. The molecule has 128 valence electrons. The van der Waals surface area contributed by atoms with Gasteiger partial charge in [0.15, 0.2) is 12.5 Å². The van der Waals surface area contributed by atoms with Gasteiger partial charge in [0.05, 0.1) is 13.2 Å². The van der Waals surface area contributed by atoms with E-state index < -0.39 is 18.2 Å². The first-order chi connectivity index (χ1) is 11.7. The highest BCUT2D eigenvalue weighted by Crippen LogP contribution is 2.19. The second-order valence-electron chi connectivity index (χ2n) is 5.22. The van der Waals surface area contributed by atoms with Crippen LogP contribution in [-0.4, -0.2) is 35.8 Å². The van der Waals surface area contributed by atoms with E-state index in [1.807, 2.05) is 30.3 Å². The zero-order valence-corrected chi connectivity index (χ0v) is 13.0. The molecule has 1 saturated heterocycles. The Bertz CT molecular complexity index is 706. The number of aromatic nitrogens is 2. The third-order valence-corrected chi connectivity index (χ3v) is 3.43. The maximum atomic E-state index is 11.8. The van der Waals surface area contributed by atoms with Crippen LogP contribution in [0.15, 0.2) is 47.4 Å². The van der Waals surface area contributed by atoms with Crippen LogP contribution in [0.1, 0.15) is 11.8 Å². The van der Waals surface area contributed by atoms with Gasteiger partial charge in [-0.1, -0.05) is 30.3 Å². The van der Waals surface area contributed by atoms with E-state index in [-0.39, 0.29) is 25.8 Å². The Labute approximate surface area is 138 Å². The average Bonchev–Trinajstić information content (AvgIpc) is 3.04. The Morgan fingerprint density at radius 3 is 2.88 bits per heavy atom. The van der Waals surface area contributed by atoms with E-state index in [1.54, 1.807) is 0 Å². The Morgan fingerprint density at radius 1 is 1.25 bits per heavy atom. The lowest BCUT2D eigenvalue weighted by Gasteiger charge is -2.13. The molecule has 0 aliphatic carbocycles. The maximum Gasteiger partial charge on any atom is 0.351 e. The van der Waals surface area contributed by atoms with Crippen molar-refractivity contribution in [2.45, 2.75) is 19.1 Å². The van der Waals surface area contributed by atoms with Crippen molar-refractivity contribution in [1.29, 1.82) is 0 Å². The van der Waals surface area contributed by atoms with Crippen molar-refractivity contribution < 1.29 is 18.9 Å². The largest absolute Gasteiger partial charge is 0.383 e. The molecule has 2 N–H and O–H groups in total. The number of rotatable bonds is 7. The first-order valence-electron chi connectivity index (χ1n) is 7.53. The lowest BCUT2D eigenvalue weighted by Crippen LogP contribution is -2.28. The van der Waals surface area contributed by atoms with Gasteiger partial charge in [-0.3, -0.25) is 4.57 Å². The average molecular weight is 333 g/mol. The smallest absolute Gasteiger partial charge is 0.351 e. The van der Waals surface area contributed by atoms with Gasteiger partial charge < -0.3 is 24.7 Å². The van der Waals surface area contributed by atoms with E-state index in [2.05, 4.69) is 4.98 Å². The van der Waals surface area contributed by atoms with E-state index in [1.165, 1.54) is 16.8 Å². The zero-order chi connectivity index (χ0) is 16.8. The van der Waals surface area contributed by atoms with Crippen LogP contribution < -0.4 is 11.4 Å². The van der Waals surface area contributed by atoms with Gasteiger partial charge in [-0.05, 0) is 11.6 Å². The minimum Gasteiger partial charge on any atom is -0.383 e.